The number of aryl methyl sites for hydroxylation is 1. The highest BCUT2D eigenvalue weighted by Gasteiger charge is 2.18. The lowest BCUT2D eigenvalue weighted by atomic mass is 10.1. The lowest BCUT2D eigenvalue weighted by Gasteiger charge is -2.07. The second kappa shape index (κ2) is 5.24. The summed E-state index contributed by atoms with van der Waals surface area (Å²) in [6, 6.07) is 10.5. The number of aromatic nitrogens is 1. The van der Waals surface area contributed by atoms with E-state index in [1.54, 1.807) is 30.5 Å². The molecule has 6 heteroatoms. The van der Waals surface area contributed by atoms with E-state index in [1.165, 1.54) is 0 Å². The molecule has 0 amide bonds. The summed E-state index contributed by atoms with van der Waals surface area (Å²) in [7, 11) is 0. The number of anilines is 1. The minimum atomic E-state index is -0.389. The quantitative estimate of drug-likeness (QED) is 0.583. The summed E-state index contributed by atoms with van der Waals surface area (Å²) in [5.41, 5.74) is 1.09. The molecule has 0 radical (unpaired) electrons. The number of fused-ring (bicyclic) bond motifs is 1. The van der Waals surface area contributed by atoms with E-state index >= 15 is 0 Å². The van der Waals surface area contributed by atoms with Crippen molar-refractivity contribution in [3.8, 4) is 0 Å². The van der Waals surface area contributed by atoms with Gasteiger partial charge in [-0.05, 0) is 43.3 Å². The molecular formula is C15H13N3O3. The molecular weight excluding hydrogens is 270 g/mol. The van der Waals surface area contributed by atoms with Crippen LogP contribution in [0.3, 0.4) is 0 Å². The molecule has 1 aromatic carbocycles. The number of benzene rings is 1. The van der Waals surface area contributed by atoms with Crippen LogP contribution in [0.25, 0.3) is 10.9 Å². The van der Waals surface area contributed by atoms with E-state index < -0.39 is 0 Å². The number of nitrogens with zero attached hydrogens (tertiary/aromatic N) is 2. The summed E-state index contributed by atoms with van der Waals surface area (Å²) >= 11 is 0. The van der Waals surface area contributed by atoms with Crippen LogP contribution in [0.1, 0.15) is 11.5 Å². The first-order valence-corrected chi connectivity index (χ1v) is 6.46. The summed E-state index contributed by atoms with van der Waals surface area (Å²) in [6.45, 7) is 2.24. The first-order chi connectivity index (χ1) is 10.1. The van der Waals surface area contributed by atoms with Crippen molar-refractivity contribution < 1.29 is 9.34 Å². The number of furan rings is 1. The molecule has 0 aliphatic rings. The highest BCUT2D eigenvalue weighted by molar-refractivity contribution is 5.94. The van der Waals surface area contributed by atoms with E-state index in [0.29, 0.717) is 23.1 Å². The standard InChI is InChI=1S/C15H13N3O3/c1-10-4-5-11(21-10)9-17-14-7-6-13-12(3-2-8-16-13)15(14)18(19)20/h2-8,17H,9H2,1H3. The molecule has 0 aliphatic carbocycles. The highest BCUT2D eigenvalue weighted by atomic mass is 16.6. The normalized spacial score (nSPS) is 10.7. The summed E-state index contributed by atoms with van der Waals surface area (Å²) in [5.74, 6) is 1.54. The van der Waals surface area contributed by atoms with E-state index in [0.717, 1.165) is 11.5 Å². The highest BCUT2D eigenvalue weighted by Crippen LogP contribution is 2.32. The van der Waals surface area contributed by atoms with Gasteiger partial charge in [-0.2, -0.15) is 0 Å². The van der Waals surface area contributed by atoms with Gasteiger partial charge >= 0.3 is 5.69 Å². The molecule has 3 aromatic rings. The van der Waals surface area contributed by atoms with Gasteiger partial charge in [-0.25, -0.2) is 0 Å². The van der Waals surface area contributed by atoms with Crippen LogP contribution in [0.5, 0.6) is 0 Å². The lowest BCUT2D eigenvalue weighted by molar-refractivity contribution is -0.382. The predicted molar refractivity (Wildman–Crippen MR) is 79.2 cm³/mol. The Hall–Kier alpha value is -2.89. The first-order valence-electron chi connectivity index (χ1n) is 6.46. The van der Waals surface area contributed by atoms with Gasteiger partial charge in [0, 0.05) is 6.20 Å². The molecule has 106 valence electrons. The third-order valence-corrected chi connectivity index (χ3v) is 3.19. The Kier molecular flexibility index (Phi) is 3.27. The van der Waals surface area contributed by atoms with Crippen LogP contribution in [0.4, 0.5) is 11.4 Å². The second-order valence-electron chi connectivity index (χ2n) is 4.65. The van der Waals surface area contributed by atoms with E-state index in [1.807, 2.05) is 19.1 Å². The van der Waals surface area contributed by atoms with E-state index in [4.69, 9.17) is 4.42 Å². The van der Waals surface area contributed by atoms with Crippen LogP contribution in [0.2, 0.25) is 0 Å². The molecule has 0 aliphatic heterocycles. The summed E-state index contributed by atoms with van der Waals surface area (Å²) in [5, 5.41) is 14.9. The molecule has 0 atom stereocenters. The number of hydrogen-bond acceptors (Lipinski definition) is 5. The Bertz CT molecular complexity index is 811. The topological polar surface area (TPSA) is 81.2 Å². The molecule has 3 rings (SSSR count). The van der Waals surface area contributed by atoms with Crippen LogP contribution in [-0.4, -0.2) is 9.91 Å². The second-order valence-corrected chi connectivity index (χ2v) is 4.65. The molecule has 6 nitrogen and oxygen atoms in total. The van der Waals surface area contributed by atoms with Crippen molar-refractivity contribution in [2.24, 2.45) is 0 Å². The minimum Gasteiger partial charge on any atom is -0.465 e. The van der Waals surface area contributed by atoms with Crippen LogP contribution in [0, 0.1) is 17.0 Å². The number of pyridine rings is 1. The van der Waals surface area contributed by atoms with Crippen LogP contribution in [0.15, 0.2) is 47.0 Å². The summed E-state index contributed by atoms with van der Waals surface area (Å²) in [4.78, 5) is 15.1. The maximum atomic E-state index is 11.4. The molecule has 2 aromatic heterocycles. The maximum Gasteiger partial charge on any atom is 0.301 e. The van der Waals surface area contributed by atoms with Gasteiger partial charge in [0.2, 0.25) is 0 Å². The minimum absolute atomic E-state index is 0.0314. The van der Waals surface area contributed by atoms with Gasteiger partial charge in [0.05, 0.1) is 22.4 Å². The smallest absolute Gasteiger partial charge is 0.301 e. The van der Waals surface area contributed by atoms with Crippen molar-refractivity contribution in [2.75, 3.05) is 5.32 Å². The summed E-state index contributed by atoms with van der Waals surface area (Å²) < 4.78 is 5.45. The van der Waals surface area contributed by atoms with Crippen molar-refractivity contribution in [1.29, 1.82) is 0 Å². The van der Waals surface area contributed by atoms with Crippen molar-refractivity contribution in [3.05, 3.63) is 64.2 Å². The fourth-order valence-electron chi connectivity index (χ4n) is 2.24. The molecule has 0 fully saturated rings. The Morgan fingerprint density at radius 3 is 2.86 bits per heavy atom. The number of nitrogens with one attached hydrogen (secondary N) is 1. The molecule has 0 spiro atoms. The third kappa shape index (κ3) is 2.55. The number of rotatable bonds is 4. The lowest BCUT2D eigenvalue weighted by Crippen LogP contribution is -2.02. The van der Waals surface area contributed by atoms with Gasteiger partial charge in [0.25, 0.3) is 0 Å². The van der Waals surface area contributed by atoms with Gasteiger partial charge in [0.1, 0.15) is 17.2 Å². The van der Waals surface area contributed by atoms with Crippen molar-refractivity contribution >= 4 is 22.3 Å². The molecule has 0 bridgehead atoms. The Balaban J connectivity index is 1.97. The number of hydrogen-bond donors (Lipinski definition) is 1. The molecule has 1 N–H and O–H groups in total. The van der Waals surface area contributed by atoms with Crippen molar-refractivity contribution in [2.45, 2.75) is 13.5 Å². The Morgan fingerprint density at radius 2 is 2.14 bits per heavy atom. The van der Waals surface area contributed by atoms with Gasteiger partial charge in [-0.15, -0.1) is 0 Å². The van der Waals surface area contributed by atoms with Gasteiger partial charge in [-0.1, -0.05) is 0 Å². The third-order valence-electron chi connectivity index (χ3n) is 3.19. The average Bonchev–Trinajstić information content (AvgIpc) is 2.89. The number of nitro benzene ring substituents is 1. The Morgan fingerprint density at radius 1 is 1.29 bits per heavy atom. The molecule has 2 heterocycles. The zero-order chi connectivity index (χ0) is 14.8. The average molecular weight is 283 g/mol. The van der Waals surface area contributed by atoms with Crippen molar-refractivity contribution in [1.82, 2.24) is 4.98 Å². The fraction of sp³-hybridized carbons (Fsp3) is 0.133. The van der Waals surface area contributed by atoms with E-state index in [2.05, 4.69) is 10.3 Å². The zero-order valence-electron chi connectivity index (χ0n) is 11.4. The zero-order valence-corrected chi connectivity index (χ0v) is 11.4. The van der Waals surface area contributed by atoms with E-state index in [-0.39, 0.29) is 10.6 Å². The fourth-order valence-corrected chi connectivity index (χ4v) is 2.24. The number of nitro groups is 1. The maximum absolute atomic E-state index is 11.4. The molecule has 0 saturated heterocycles. The molecule has 21 heavy (non-hydrogen) atoms. The van der Waals surface area contributed by atoms with Gasteiger partial charge in [0.15, 0.2) is 0 Å². The predicted octanol–water partition coefficient (Wildman–Crippen LogP) is 3.66. The van der Waals surface area contributed by atoms with Crippen LogP contribution < -0.4 is 5.32 Å². The van der Waals surface area contributed by atoms with Crippen LogP contribution >= 0.6 is 0 Å². The van der Waals surface area contributed by atoms with Crippen LogP contribution in [-0.2, 0) is 6.54 Å². The monoisotopic (exact) mass is 283 g/mol. The van der Waals surface area contributed by atoms with Gasteiger partial charge in [-0.3, -0.25) is 15.1 Å². The Labute approximate surface area is 120 Å². The molecule has 0 saturated carbocycles. The van der Waals surface area contributed by atoms with Crippen molar-refractivity contribution in [3.63, 3.8) is 0 Å². The summed E-state index contributed by atoms with van der Waals surface area (Å²) in [6.07, 6.45) is 1.62. The largest absolute Gasteiger partial charge is 0.465 e. The first kappa shape index (κ1) is 13.1. The SMILES string of the molecule is Cc1ccc(CNc2ccc3ncccc3c2[N+](=O)[O-])o1. The molecule has 0 unspecified atom stereocenters. The van der Waals surface area contributed by atoms with Gasteiger partial charge < -0.3 is 9.73 Å². The van der Waals surface area contributed by atoms with E-state index in [9.17, 15) is 10.1 Å².